The van der Waals surface area contributed by atoms with Crippen molar-refractivity contribution < 1.29 is 0 Å². The van der Waals surface area contributed by atoms with Crippen molar-refractivity contribution >= 4 is 11.3 Å². The highest BCUT2D eigenvalue weighted by molar-refractivity contribution is 5.86. The van der Waals surface area contributed by atoms with Gasteiger partial charge in [0, 0.05) is 17.8 Å². The van der Waals surface area contributed by atoms with Gasteiger partial charge in [0.25, 0.3) is 0 Å². The average molecular weight is 203 g/mol. The van der Waals surface area contributed by atoms with E-state index in [0.717, 1.165) is 24.4 Å². The molecule has 0 bridgehead atoms. The summed E-state index contributed by atoms with van der Waals surface area (Å²) < 4.78 is 0. The lowest BCUT2D eigenvalue weighted by Gasteiger charge is -2.09. The van der Waals surface area contributed by atoms with Crippen LogP contribution in [0.15, 0.2) is 17.4 Å². The van der Waals surface area contributed by atoms with E-state index in [4.69, 9.17) is 0 Å². The summed E-state index contributed by atoms with van der Waals surface area (Å²) in [5.41, 5.74) is 3.59. The third-order valence-corrected chi connectivity index (χ3v) is 2.69. The number of hydrogen-bond donors (Lipinski definition) is 1. The van der Waals surface area contributed by atoms with Gasteiger partial charge in [0.05, 0.1) is 11.9 Å². The number of aliphatic imine (C=N–C) groups is 1. The van der Waals surface area contributed by atoms with E-state index in [-0.39, 0.29) is 0 Å². The van der Waals surface area contributed by atoms with Gasteiger partial charge in [0.2, 0.25) is 0 Å². The minimum absolute atomic E-state index is 0.452. The van der Waals surface area contributed by atoms with E-state index in [2.05, 4.69) is 35.7 Å². The SMILES string of the molecule is CC1=NC=C(c2cnc(C(C)C)[nH]2)CC1. The zero-order valence-corrected chi connectivity index (χ0v) is 9.54. The third-order valence-electron chi connectivity index (χ3n) is 2.69. The summed E-state index contributed by atoms with van der Waals surface area (Å²) >= 11 is 0. The van der Waals surface area contributed by atoms with Gasteiger partial charge in [-0.1, -0.05) is 13.8 Å². The average Bonchev–Trinajstić information content (AvgIpc) is 2.68. The van der Waals surface area contributed by atoms with E-state index >= 15 is 0 Å². The van der Waals surface area contributed by atoms with Crippen LogP contribution in [0.25, 0.3) is 5.57 Å². The molecule has 1 aromatic rings. The fourth-order valence-corrected chi connectivity index (χ4v) is 1.63. The van der Waals surface area contributed by atoms with Crippen LogP contribution in [0.1, 0.15) is 51.0 Å². The Kier molecular flexibility index (Phi) is 2.71. The van der Waals surface area contributed by atoms with Gasteiger partial charge in [-0.2, -0.15) is 0 Å². The first-order chi connectivity index (χ1) is 7.16. The molecule has 0 spiro atoms. The van der Waals surface area contributed by atoms with Crippen molar-refractivity contribution in [3.8, 4) is 0 Å². The monoisotopic (exact) mass is 203 g/mol. The molecule has 0 aliphatic carbocycles. The molecule has 3 nitrogen and oxygen atoms in total. The number of nitrogens with zero attached hydrogens (tertiary/aromatic N) is 2. The number of hydrogen-bond acceptors (Lipinski definition) is 2. The van der Waals surface area contributed by atoms with Crippen molar-refractivity contribution in [3.05, 3.63) is 23.9 Å². The van der Waals surface area contributed by atoms with Crippen LogP contribution in [0.4, 0.5) is 0 Å². The first kappa shape index (κ1) is 10.1. The molecule has 1 aromatic heterocycles. The van der Waals surface area contributed by atoms with Gasteiger partial charge in [-0.05, 0) is 25.3 Å². The van der Waals surface area contributed by atoms with Crippen LogP contribution < -0.4 is 0 Å². The number of aromatic amines is 1. The molecule has 0 fully saturated rings. The molecule has 0 amide bonds. The van der Waals surface area contributed by atoms with Gasteiger partial charge in [-0.3, -0.25) is 4.99 Å². The largest absolute Gasteiger partial charge is 0.342 e. The number of imidazole rings is 1. The normalized spacial score (nSPS) is 16.5. The fourth-order valence-electron chi connectivity index (χ4n) is 1.63. The smallest absolute Gasteiger partial charge is 0.109 e. The molecule has 1 aliphatic rings. The van der Waals surface area contributed by atoms with E-state index in [9.17, 15) is 0 Å². The topological polar surface area (TPSA) is 41.0 Å². The molecule has 0 unspecified atom stereocenters. The predicted molar refractivity (Wildman–Crippen MR) is 63.0 cm³/mol. The molecule has 2 heterocycles. The van der Waals surface area contributed by atoms with E-state index in [1.807, 2.05) is 12.4 Å². The number of H-pyrrole nitrogens is 1. The van der Waals surface area contributed by atoms with Crippen LogP contribution in [0.5, 0.6) is 0 Å². The maximum absolute atomic E-state index is 4.37. The zero-order valence-electron chi connectivity index (χ0n) is 9.54. The van der Waals surface area contributed by atoms with Gasteiger partial charge in [-0.15, -0.1) is 0 Å². The molecule has 1 aliphatic heterocycles. The summed E-state index contributed by atoms with van der Waals surface area (Å²) in [4.78, 5) is 12.1. The maximum atomic E-state index is 4.37. The minimum atomic E-state index is 0.452. The fraction of sp³-hybridized carbons (Fsp3) is 0.500. The number of aromatic nitrogens is 2. The van der Waals surface area contributed by atoms with Crippen molar-refractivity contribution in [2.24, 2.45) is 4.99 Å². The van der Waals surface area contributed by atoms with Gasteiger partial charge in [0.1, 0.15) is 5.82 Å². The Labute approximate surface area is 90.3 Å². The van der Waals surface area contributed by atoms with Crippen LogP contribution in [0, 0.1) is 0 Å². The van der Waals surface area contributed by atoms with Crippen LogP contribution in [-0.2, 0) is 0 Å². The van der Waals surface area contributed by atoms with Crippen LogP contribution in [-0.4, -0.2) is 15.7 Å². The Morgan fingerprint density at radius 1 is 1.33 bits per heavy atom. The van der Waals surface area contributed by atoms with Crippen molar-refractivity contribution in [3.63, 3.8) is 0 Å². The second-order valence-electron chi connectivity index (χ2n) is 4.36. The van der Waals surface area contributed by atoms with Gasteiger partial charge in [-0.25, -0.2) is 4.98 Å². The van der Waals surface area contributed by atoms with Crippen molar-refractivity contribution in [1.82, 2.24) is 9.97 Å². The summed E-state index contributed by atoms with van der Waals surface area (Å²) in [7, 11) is 0. The summed E-state index contributed by atoms with van der Waals surface area (Å²) in [5, 5.41) is 0. The quantitative estimate of drug-likeness (QED) is 0.788. The third kappa shape index (κ3) is 2.17. The van der Waals surface area contributed by atoms with E-state index in [1.54, 1.807) is 0 Å². The van der Waals surface area contributed by atoms with Gasteiger partial charge < -0.3 is 4.98 Å². The lowest BCUT2D eigenvalue weighted by molar-refractivity contribution is 0.793. The highest BCUT2D eigenvalue weighted by atomic mass is 14.9. The number of allylic oxidation sites excluding steroid dienone is 1. The molecule has 2 rings (SSSR count). The van der Waals surface area contributed by atoms with Gasteiger partial charge in [0.15, 0.2) is 0 Å². The Morgan fingerprint density at radius 3 is 2.67 bits per heavy atom. The number of rotatable bonds is 2. The van der Waals surface area contributed by atoms with E-state index in [0.29, 0.717) is 5.92 Å². The van der Waals surface area contributed by atoms with E-state index in [1.165, 1.54) is 11.3 Å². The Balaban J connectivity index is 2.23. The number of nitrogens with one attached hydrogen (secondary N) is 1. The highest BCUT2D eigenvalue weighted by Crippen LogP contribution is 2.23. The molecule has 1 N–H and O–H groups in total. The molecule has 80 valence electrons. The van der Waals surface area contributed by atoms with Crippen LogP contribution in [0.3, 0.4) is 0 Å². The van der Waals surface area contributed by atoms with Crippen molar-refractivity contribution in [2.45, 2.75) is 39.5 Å². The highest BCUT2D eigenvalue weighted by Gasteiger charge is 2.11. The summed E-state index contributed by atoms with van der Waals surface area (Å²) in [6, 6.07) is 0. The van der Waals surface area contributed by atoms with Gasteiger partial charge >= 0.3 is 0 Å². The lowest BCUT2D eigenvalue weighted by Crippen LogP contribution is -1.98. The maximum Gasteiger partial charge on any atom is 0.109 e. The molecular weight excluding hydrogens is 186 g/mol. The molecule has 0 aromatic carbocycles. The molecule has 0 radical (unpaired) electrons. The molecule has 15 heavy (non-hydrogen) atoms. The summed E-state index contributed by atoms with van der Waals surface area (Å²) in [6.07, 6.45) is 5.99. The lowest BCUT2D eigenvalue weighted by atomic mass is 10.0. The van der Waals surface area contributed by atoms with E-state index < -0.39 is 0 Å². The molecule has 0 saturated carbocycles. The molecule has 0 atom stereocenters. The first-order valence-corrected chi connectivity index (χ1v) is 5.44. The summed E-state index contributed by atoms with van der Waals surface area (Å²) in [5.74, 6) is 1.50. The molecule has 0 saturated heterocycles. The minimum Gasteiger partial charge on any atom is -0.342 e. The molecular formula is C12H17N3. The Morgan fingerprint density at radius 2 is 2.13 bits per heavy atom. The second kappa shape index (κ2) is 4.01. The predicted octanol–water partition coefficient (Wildman–Crippen LogP) is 3.13. The zero-order chi connectivity index (χ0) is 10.8. The van der Waals surface area contributed by atoms with Crippen LogP contribution >= 0.6 is 0 Å². The second-order valence-corrected chi connectivity index (χ2v) is 4.36. The standard InChI is InChI=1S/C12H17N3/c1-8(2)12-14-7-11(15-12)10-5-4-9(3)13-6-10/h6-8H,4-5H2,1-3H3,(H,14,15). The van der Waals surface area contributed by atoms with Crippen molar-refractivity contribution in [2.75, 3.05) is 0 Å². The first-order valence-electron chi connectivity index (χ1n) is 5.44. The molecule has 3 heteroatoms. The Bertz CT molecular complexity index is 410. The Hall–Kier alpha value is -1.38. The van der Waals surface area contributed by atoms with Crippen LogP contribution in [0.2, 0.25) is 0 Å². The van der Waals surface area contributed by atoms with Crippen molar-refractivity contribution in [1.29, 1.82) is 0 Å². The summed E-state index contributed by atoms with van der Waals surface area (Å²) in [6.45, 7) is 6.35.